The van der Waals surface area contributed by atoms with E-state index in [4.69, 9.17) is 26.2 Å². The van der Waals surface area contributed by atoms with Crippen LogP contribution in [-0.4, -0.2) is 61.6 Å². The number of aliphatic hydroxyl groups excluding tert-OH is 3. The Morgan fingerprint density at radius 2 is 1.71 bits per heavy atom. The largest absolute Gasteiger partial charge is 0.491 e. The minimum atomic E-state index is -0.770. The van der Waals surface area contributed by atoms with Crippen LogP contribution in [0.4, 0.5) is 0 Å². The van der Waals surface area contributed by atoms with Crippen molar-refractivity contribution in [2.75, 3.05) is 19.1 Å². The number of hydrogen-bond acceptors (Lipinski definition) is 7. The summed E-state index contributed by atoms with van der Waals surface area (Å²) in [6.45, 7) is 4.52. The molecule has 0 fully saturated rings. The van der Waals surface area contributed by atoms with Crippen LogP contribution in [0.2, 0.25) is 0 Å². The second-order valence-corrected chi connectivity index (χ2v) is 9.63. The summed E-state index contributed by atoms with van der Waals surface area (Å²) in [6, 6.07) is 13.6. The molecule has 1 heterocycles. The van der Waals surface area contributed by atoms with E-state index in [1.165, 1.54) is 4.68 Å². The van der Waals surface area contributed by atoms with Gasteiger partial charge in [0.1, 0.15) is 42.6 Å². The molecule has 0 saturated heterocycles. The van der Waals surface area contributed by atoms with Crippen molar-refractivity contribution in [1.82, 2.24) is 15.0 Å². The summed E-state index contributed by atoms with van der Waals surface area (Å²) in [7, 11) is 0. The van der Waals surface area contributed by atoms with Gasteiger partial charge in [-0.05, 0) is 51.3 Å². The van der Waals surface area contributed by atoms with Crippen LogP contribution in [0.1, 0.15) is 30.7 Å². The molecule has 0 bridgehead atoms. The van der Waals surface area contributed by atoms with E-state index in [0.29, 0.717) is 17.2 Å². The molecule has 2 atom stereocenters. The molecule has 3 aromatic rings. The highest BCUT2D eigenvalue weighted by molar-refractivity contribution is 9.10. The molecule has 0 radical (unpaired) electrons. The lowest BCUT2D eigenvalue weighted by Crippen LogP contribution is -2.24. The summed E-state index contributed by atoms with van der Waals surface area (Å²) in [4.78, 5) is 0. The maximum atomic E-state index is 10.2. The van der Waals surface area contributed by atoms with E-state index in [0.717, 1.165) is 15.6 Å². The fourth-order valence-corrected chi connectivity index (χ4v) is 3.92. The Bertz CT molecular complexity index is 1060. The van der Waals surface area contributed by atoms with Gasteiger partial charge in [-0.1, -0.05) is 37.3 Å². The van der Waals surface area contributed by atoms with E-state index >= 15 is 0 Å². The van der Waals surface area contributed by atoms with Crippen molar-refractivity contribution in [3.63, 3.8) is 0 Å². The van der Waals surface area contributed by atoms with E-state index in [-0.39, 0.29) is 37.7 Å². The van der Waals surface area contributed by atoms with Crippen molar-refractivity contribution in [2.45, 2.75) is 44.6 Å². The zero-order valence-corrected chi connectivity index (χ0v) is 21.4. The van der Waals surface area contributed by atoms with Crippen LogP contribution < -0.4 is 9.47 Å². The topological polar surface area (TPSA) is 110 Å². The zero-order chi connectivity index (χ0) is 24.7. The number of ether oxygens (including phenoxy) is 2. The first-order valence-corrected chi connectivity index (χ1v) is 12.1. The van der Waals surface area contributed by atoms with Crippen LogP contribution in [-0.2, 0) is 18.6 Å². The Morgan fingerprint density at radius 3 is 2.32 bits per heavy atom. The Morgan fingerprint density at radius 1 is 1.03 bits per heavy atom. The molecule has 1 aromatic heterocycles. The predicted molar refractivity (Wildman–Crippen MR) is 132 cm³/mol. The lowest BCUT2D eigenvalue weighted by atomic mass is 9.78. The van der Waals surface area contributed by atoms with Crippen LogP contribution in [0.5, 0.6) is 11.5 Å². The molecule has 184 valence electrons. The smallest absolute Gasteiger partial charge is 0.133 e. The molecule has 0 aliphatic rings. The first kappa shape index (κ1) is 26.4. The summed E-state index contributed by atoms with van der Waals surface area (Å²) >= 11 is 9.17. The Labute approximate surface area is 212 Å². The molecule has 0 spiro atoms. The van der Waals surface area contributed by atoms with Gasteiger partial charge in [-0.3, -0.25) is 0 Å². The zero-order valence-electron chi connectivity index (χ0n) is 19.1. The molecule has 10 heteroatoms. The fraction of sp³-hybridized carbons (Fsp3) is 0.417. The molecule has 0 aliphatic heterocycles. The molecule has 0 aliphatic carbocycles. The normalized spacial score (nSPS) is 13.5. The van der Waals surface area contributed by atoms with Gasteiger partial charge < -0.3 is 24.8 Å². The van der Waals surface area contributed by atoms with E-state index in [1.54, 1.807) is 6.20 Å². The maximum absolute atomic E-state index is 10.2. The van der Waals surface area contributed by atoms with E-state index in [1.807, 2.05) is 42.5 Å². The molecular formula is C24H29BrClN3O5. The Kier molecular flexibility index (Phi) is 9.32. The second-order valence-electron chi connectivity index (χ2n) is 8.47. The Hall–Kier alpha value is -2.17. The van der Waals surface area contributed by atoms with Crippen LogP contribution in [0.25, 0.3) is 0 Å². The number of aromatic nitrogens is 3. The van der Waals surface area contributed by atoms with Crippen LogP contribution in [0, 0.1) is 0 Å². The van der Waals surface area contributed by atoms with Gasteiger partial charge in [0.2, 0.25) is 0 Å². The third-order valence-electron chi connectivity index (χ3n) is 5.43. The molecule has 3 rings (SSSR count). The van der Waals surface area contributed by atoms with Gasteiger partial charge in [-0.25, -0.2) is 4.68 Å². The van der Waals surface area contributed by atoms with Crippen LogP contribution >= 0.6 is 27.5 Å². The van der Waals surface area contributed by atoms with E-state index in [9.17, 15) is 10.2 Å². The second kappa shape index (κ2) is 12.0. The average Bonchev–Trinajstić information content (AvgIpc) is 3.29. The lowest BCUT2D eigenvalue weighted by molar-refractivity contribution is 0.0888. The summed E-state index contributed by atoms with van der Waals surface area (Å²) in [5.41, 5.74) is 2.35. The number of nitrogens with zero attached hydrogens (tertiary/aromatic N) is 3. The number of alkyl halides is 1. The van der Waals surface area contributed by atoms with Crippen molar-refractivity contribution >= 4 is 27.5 Å². The van der Waals surface area contributed by atoms with Crippen molar-refractivity contribution in [3.05, 3.63) is 70.0 Å². The van der Waals surface area contributed by atoms with Gasteiger partial charge in [0.15, 0.2) is 0 Å². The third-order valence-corrected chi connectivity index (χ3v) is 6.40. The third kappa shape index (κ3) is 6.93. The minimum Gasteiger partial charge on any atom is -0.491 e. The van der Waals surface area contributed by atoms with Gasteiger partial charge in [-0.2, -0.15) is 0 Å². The van der Waals surface area contributed by atoms with Gasteiger partial charge >= 0.3 is 0 Å². The Balaban J connectivity index is 1.59. The molecule has 0 saturated carbocycles. The number of halogens is 2. The van der Waals surface area contributed by atoms with Gasteiger partial charge in [0.05, 0.1) is 29.7 Å². The van der Waals surface area contributed by atoms with Gasteiger partial charge in [-0.15, -0.1) is 16.7 Å². The number of rotatable bonds is 12. The molecule has 0 unspecified atom stereocenters. The molecule has 0 amide bonds. The van der Waals surface area contributed by atoms with Crippen molar-refractivity contribution in [3.8, 4) is 11.5 Å². The van der Waals surface area contributed by atoms with E-state index in [2.05, 4.69) is 40.1 Å². The SMILES string of the molecule is CC(C)(c1ccc(OC[C@@H](O)Cn2cc(CO)nn2)cc1)c1ccc(OC[C@H](O)CCl)c(Br)c1. The number of aliphatic hydroxyl groups is 3. The highest BCUT2D eigenvalue weighted by Crippen LogP contribution is 2.36. The first-order valence-electron chi connectivity index (χ1n) is 10.8. The molecule has 2 aromatic carbocycles. The first-order chi connectivity index (χ1) is 16.2. The minimum absolute atomic E-state index is 0.101. The number of benzene rings is 2. The molecule has 34 heavy (non-hydrogen) atoms. The van der Waals surface area contributed by atoms with Gasteiger partial charge in [0.25, 0.3) is 0 Å². The standard InChI is InChI=1S/C24H29BrClN3O5/c1-24(2,17-5-8-23(22(25)9-17)34-14-19(31)10-26)16-3-6-21(7-4-16)33-15-20(32)12-29-11-18(13-30)27-28-29/h3-9,11,19-20,30-32H,10,12-15H2,1-2H3/t19-,20+/m1/s1. The van der Waals surface area contributed by atoms with E-state index < -0.39 is 12.2 Å². The summed E-state index contributed by atoms with van der Waals surface area (Å²) in [5, 5.41) is 36.5. The number of hydrogen-bond donors (Lipinski definition) is 3. The van der Waals surface area contributed by atoms with Crippen molar-refractivity contribution in [2.24, 2.45) is 0 Å². The predicted octanol–water partition coefficient (Wildman–Crippen LogP) is 3.28. The van der Waals surface area contributed by atoms with Crippen LogP contribution in [0.15, 0.2) is 53.1 Å². The highest BCUT2D eigenvalue weighted by atomic mass is 79.9. The molecule has 8 nitrogen and oxygen atoms in total. The maximum Gasteiger partial charge on any atom is 0.133 e. The lowest BCUT2D eigenvalue weighted by Gasteiger charge is -2.27. The van der Waals surface area contributed by atoms with Crippen molar-refractivity contribution < 1.29 is 24.8 Å². The van der Waals surface area contributed by atoms with Gasteiger partial charge in [0, 0.05) is 5.41 Å². The quantitative estimate of drug-likeness (QED) is 0.295. The van der Waals surface area contributed by atoms with Crippen molar-refractivity contribution in [1.29, 1.82) is 0 Å². The van der Waals surface area contributed by atoms with Crippen LogP contribution in [0.3, 0.4) is 0 Å². The summed E-state index contributed by atoms with van der Waals surface area (Å²) < 4.78 is 13.6. The molecule has 3 N–H and O–H groups in total. The summed E-state index contributed by atoms with van der Waals surface area (Å²) in [5.74, 6) is 1.41. The monoisotopic (exact) mass is 553 g/mol. The summed E-state index contributed by atoms with van der Waals surface area (Å²) in [6.07, 6.45) is 0.0987. The molecular weight excluding hydrogens is 526 g/mol. The highest BCUT2D eigenvalue weighted by Gasteiger charge is 2.24. The fourth-order valence-electron chi connectivity index (χ4n) is 3.33. The average molecular weight is 555 g/mol.